The fourth-order valence-electron chi connectivity index (χ4n) is 2.73. The Morgan fingerprint density at radius 1 is 1.24 bits per heavy atom. The first-order valence-electron chi connectivity index (χ1n) is 9.09. The molecule has 0 aliphatic carbocycles. The largest absolute Gasteiger partial charge is 0.504 e. The van der Waals surface area contributed by atoms with Crippen LogP contribution in [0.5, 0.6) is 11.5 Å². The summed E-state index contributed by atoms with van der Waals surface area (Å²) in [7, 11) is 1.42. The van der Waals surface area contributed by atoms with Crippen molar-refractivity contribution in [3.8, 4) is 11.5 Å². The van der Waals surface area contributed by atoms with E-state index in [0.29, 0.717) is 12.0 Å². The molecule has 0 unspecified atom stereocenters. The Morgan fingerprint density at radius 3 is 2.66 bits per heavy atom. The Balaban J connectivity index is 2.11. The Hall–Kier alpha value is -3.49. The normalized spacial score (nSPS) is 16.2. The highest BCUT2D eigenvalue weighted by atomic mass is 16.5. The van der Waals surface area contributed by atoms with Crippen molar-refractivity contribution in [3.63, 3.8) is 0 Å². The van der Waals surface area contributed by atoms with Crippen molar-refractivity contribution < 1.29 is 33.7 Å². The van der Waals surface area contributed by atoms with Crippen LogP contribution >= 0.6 is 0 Å². The van der Waals surface area contributed by atoms with Gasteiger partial charge in [0.05, 0.1) is 31.0 Å². The highest BCUT2D eigenvalue weighted by Gasteiger charge is 2.31. The molecule has 1 aromatic carbocycles. The van der Waals surface area contributed by atoms with Gasteiger partial charge >= 0.3 is 18.0 Å². The topological polar surface area (TPSA) is 123 Å². The minimum atomic E-state index is -0.673. The number of urea groups is 1. The fraction of sp³-hybridized carbons (Fsp3) is 0.350. The van der Waals surface area contributed by atoms with Gasteiger partial charge in [0.15, 0.2) is 11.5 Å². The fourth-order valence-corrected chi connectivity index (χ4v) is 2.73. The van der Waals surface area contributed by atoms with Crippen molar-refractivity contribution >= 4 is 24.0 Å². The molecule has 0 radical (unpaired) electrons. The lowest BCUT2D eigenvalue weighted by molar-refractivity contribution is -0.140. The number of benzene rings is 1. The number of hydrogen-bond acceptors (Lipinski definition) is 7. The summed E-state index contributed by atoms with van der Waals surface area (Å²) in [5, 5.41) is 14.7. The van der Waals surface area contributed by atoms with Crippen LogP contribution in [0, 0.1) is 0 Å². The minimum absolute atomic E-state index is 0.0159. The van der Waals surface area contributed by atoms with E-state index >= 15 is 0 Å². The molecular formula is C20H24N2O7. The van der Waals surface area contributed by atoms with Crippen LogP contribution in [0.1, 0.15) is 25.8 Å². The SMILES string of the molecule is CCOC(=O)C1=C(COC(=O)/C=C/c2ccc(O)c(OC)c2)NC(=O)N[C@H]1CC. The molecule has 1 aliphatic heterocycles. The molecule has 9 nitrogen and oxygen atoms in total. The molecule has 0 fully saturated rings. The van der Waals surface area contributed by atoms with Gasteiger partial charge in [0, 0.05) is 6.08 Å². The number of methoxy groups -OCH3 is 1. The molecule has 1 aromatic rings. The highest BCUT2D eigenvalue weighted by molar-refractivity contribution is 5.95. The lowest BCUT2D eigenvalue weighted by atomic mass is 10.0. The quantitative estimate of drug-likeness (QED) is 0.446. The Morgan fingerprint density at radius 2 is 2.00 bits per heavy atom. The molecule has 1 atom stereocenters. The van der Waals surface area contributed by atoms with Crippen molar-refractivity contribution in [1.82, 2.24) is 10.6 Å². The molecule has 0 spiro atoms. The predicted molar refractivity (Wildman–Crippen MR) is 104 cm³/mol. The van der Waals surface area contributed by atoms with Crippen molar-refractivity contribution in [2.75, 3.05) is 20.3 Å². The first-order chi connectivity index (χ1) is 13.9. The number of carbonyl (C=O) groups excluding carboxylic acids is 3. The average molecular weight is 404 g/mol. The van der Waals surface area contributed by atoms with Crippen LogP contribution < -0.4 is 15.4 Å². The van der Waals surface area contributed by atoms with Gasteiger partial charge in [-0.3, -0.25) is 0 Å². The molecule has 9 heteroatoms. The van der Waals surface area contributed by atoms with E-state index in [-0.39, 0.29) is 36.0 Å². The van der Waals surface area contributed by atoms with Crippen LogP contribution in [0.15, 0.2) is 35.5 Å². The number of amides is 2. The molecular weight excluding hydrogens is 380 g/mol. The van der Waals surface area contributed by atoms with E-state index in [2.05, 4.69) is 10.6 Å². The van der Waals surface area contributed by atoms with Gasteiger partial charge in [0.2, 0.25) is 0 Å². The number of carbonyl (C=O) groups is 3. The average Bonchev–Trinajstić information content (AvgIpc) is 2.71. The van der Waals surface area contributed by atoms with Crippen LogP contribution in [0.3, 0.4) is 0 Å². The zero-order chi connectivity index (χ0) is 21.4. The molecule has 0 bridgehead atoms. The zero-order valence-electron chi connectivity index (χ0n) is 16.5. The Bertz CT molecular complexity index is 845. The summed E-state index contributed by atoms with van der Waals surface area (Å²) in [6.07, 6.45) is 3.15. The van der Waals surface area contributed by atoms with E-state index in [1.54, 1.807) is 19.1 Å². The monoisotopic (exact) mass is 404 g/mol. The van der Waals surface area contributed by atoms with E-state index < -0.39 is 24.0 Å². The second kappa shape index (κ2) is 10.2. The third-order valence-electron chi connectivity index (χ3n) is 4.12. The van der Waals surface area contributed by atoms with Gasteiger partial charge in [-0.15, -0.1) is 0 Å². The van der Waals surface area contributed by atoms with Gasteiger partial charge in [-0.2, -0.15) is 0 Å². The smallest absolute Gasteiger partial charge is 0.338 e. The summed E-state index contributed by atoms with van der Waals surface area (Å²) in [6.45, 7) is 3.38. The van der Waals surface area contributed by atoms with Crippen molar-refractivity contribution in [3.05, 3.63) is 41.1 Å². The number of hydrogen-bond donors (Lipinski definition) is 3. The first-order valence-corrected chi connectivity index (χ1v) is 9.09. The lowest BCUT2D eigenvalue weighted by Crippen LogP contribution is -2.51. The number of phenolic OH excluding ortho intramolecular Hbond substituents is 1. The minimum Gasteiger partial charge on any atom is -0.504 e. The zero-order valence-corrected chi connectivity index (χ0v) is 16.5. The summed E-state index contributed by atoms with van der Waals surface area (Å²) < 4.78 is 15.2. The van der Waals surface area contributed by atoms with Crippen molar-refractivity contribution in [2.45, 2.75) is 26.3 Å². The lowest BCUT2D eigenvalue weighted by Gasteiger charge is -2.28. The van der Waals surface area contributed by atoms with Crippen molar-refractivity contribution in [1.29, 1.82) is 0 Å². The van der Waals surface area contributed by atoms with Crippen LogP contribution in [-0.4, -0.2) is 49.4 Å². The summed E-state index contributed by atoms with van der Waals surface area (Å²) in [6, 6.07) is 3.58. The molecule has 0 saturated carbocycles. The number of ether oxygens (including phenoxy) is 3. The number of nitrogens with one attached hydrogen (secondary N) is 2. The molecule has 0 aromatic heterocycles. The Labute approximate surface area is 168 Å². The molecule has 0 saturated heterocycles. The van der Waals surface area contributed by atoms with Crippen LogP contribution in [0.4, 0.5) is 4.79 Å². The summed E-state index contributed by atoms with van der Waals surface area (Å²) >= 11 is 0. The number of aromatic hydroxyl groups is 1. The molecule has 2 rings (SSSR count). The Kier molecular flexibility index (Phi) is 7.64. The predicted octanol–water partition coefficient (Wildman–Crippen LogP) is 1.87. The molecule has 3 N–H and O–H groups in total. The van der Waals surface area contributed by atoms with Gasteiger partial charge in [0.1, 0.15) is 6.61 Å². The molecule has 1 heterocycles. The second-order valence-electron chi connectivity index (χ2n) is 6.04. The van der Waals surface area contributed by atoms with Crippen molar-refractivity contribution in [2.24, 2.45) is 0 Å². The maximum Gasteiger partial charge on any atom is 0.338 e. The number of esters is 2. The molecule has 1 aliphatic rings. The third kappa shape index (κ3) is 5.74. The van der Waals surface area contributed by atoms with Gasteiger partial charge in [-0.1, -0.05) is 13.0 Å². The van der Waals surface area contributed by atoms with Crippen LogP contribution in [-0.2, 0) is 19.1 Å². The third-order valence-corrected chi connectivity index (χ3v) is 4.12. The molecule has 29 heavy (non-hydrogen) atoms. The van der Waals surface area contributed by atoms with Crippen LogP contribution in [0.2, 0.25) is 0 Å². The van der Waals surface area contributed by atoms with E-state index in [1.807, 2.05) is 6.92 Å². The van der Waals surface area contributed by atoms with Gasteiger partial charge < -0.3 is 30.0 Å². The first kappa shape index (κ1) is 21.8. The maximum absolute atomic E-state index is 12.3. The summed E-state index contributed by atoms with van der Waals surface area (Å²) in [5.41, 5.74) is 1.03. The molecule has 156 valence electrons. The highest BCUT2D eigenvalue weighted by Crippen LogP contribution is 2.26. The number of rotatable bonds is 8. The number of phenols is 1. The van der Waals surface area contributed by atoms with E-state index in [1.165, 1.54) is 25.3 Å². The summed E-state index contributed by atoms with van der Waals surface area (Å²) in [4.78, 5) is 36.1. The maximum atomic E-state index is 12.3. The summed E-state index contributed by atoms with van der Waals surface area (Å²) in [5.74, 6) is -0.997. The van der Waals surface area contributed by atoms with Gasteiger partial charge in [-0.05, 0) is 37.1 Å². The van der Waals surface area contributed by atoms with E-state index in [4.69, 9.17) is 14.2 Å². The molecule has 2 amide bonds. The van der Waals surface area contributed by atoms with E-state index in [9.17, 15) is 19.5 Å². The van der Waals surface area contributed by atoms with E-state index in [0.717, 1.165) is 0 Å². The second-order valence-corrected chi connectivity index (χ2v) is 6.04. The standard InChI is InChI=1S/C20H24N2O7/c1-4-13-18(19(25)28-5-2)14(22-20(26)21-13)11-29-17(24)9-7-12-6-8-15(23)16(10-12)27-3/h6-10,13,23H,4-5,11H2,1-3H3,(H2,21,22,26)/b9-7+/t13-/m0/s1. The van der Waals surface area contributed by atoms with Crippen LogP contribution in [0.25, 0.3) is 6.08 Å². The van der Waals surface area contributed by atoms with Gasteiger partial charge in [-0.25, -0.2) is 14.4 Å². The van der Waals surface area contributed by atoms with Gasteiger partial charge in [0.25, 0.3) is 0 Å².